The maximum Gasteiger partial charge on any atom is 0.299 e. The van der Waals surface area contributed by atoms with E-state index in [0.717, 1.165) is 0 Å². The molecule has 0 bridgehead atoms. The van der Waals surface area contributed by atoms with E-state index >= 15 is 0 Å². The number of rotatable bonds is 3. The lowest BCUT2D eigenvalue weighted by molar-refractivity contribution is 0.494. The normalized spacial score (nSPS) is 11.9. The largest absolute Gasteiger partial charge is 0.299 e. The van der Waals surface area contributed by atoms with E-state index in [1.807, 2.05) is 6.07 Å². The molecule has 1 aromatic carbocycles. The summed E-state index contributed by atoms with van der Waals surface area (Å²) in [5.74, 6) is 0. The zero-order chi connectivity index (χ0) is 13.1. The topological polar surface area (TPSA) is 82.0 Å². The van der Waals surface area contributed by atoms with Crippen LogP contribution in [-0.4, -0.2) is 14.0 Å². The number of nitrogens with zero attached hydrogens (tertiary/aromatic N) is 1. The van der Waals surface area contributed by atoms with Gasteiger partial charge in [-0.2, -0.15) is 18.4 Å². The molecule has 0 unspecified atom stereocenters. The molecule has 17 heavy (non-hydrogen) atoms. The Kier molecular flexibility index (Phi) is 3.76. The Balaban J connectivity index is 2.81. The first-order valence-corrected chi connectivity index (χ1v) is 6.52. The quantitative estimate of drug-likeness (QED) is 0.858. The van der Waals surface area contributed by atoms with Gasteiger partial charge in [0.2, 0.25) is 0 Å². The average molecular weight is 253 g/mol. The summed E-state index contributed by atoms with van der Waals surface area (Å²) in [6.07, 6.45) is 0. The molecule has 0 radical (unpaired) electrons. The standard InChI is InChI=1S/C11H15N3O2S/c1-11(2,3)14-17(15,16)13-10-6-4-9(8-12)5-7-10/h4-7,13-14H,1-3H3. The second-order valence-corrected chi connectivity index (χ2v) is 6.06. The molecule has 0 aliphatic heterocycles. The summed E-state index contributed by atoms with van der Waals surface area (Å²) in [4.78, 5) is 0. The van der Waals surface area contributed by atoms with Crippen LogP contribution in [0.5, 0.6) is 0 Å². The third-order valence-corrected chi connectivity index (χ3v) is 3.09. The van der Waals surface area contributed by atoms with E-state index in [0.29, 0.717) is 11.3 Å². The third kappa shape index (κ3) is 4.85. The van der Waals surface area contributed by atoms with Gasteiger partial charge >= 0.3 is 0 Å². The maximum absolute atomic E-state index is 11.7. The van der Waals surface area contributed by atoms with Crippen LogP contribution in [0.3, 0.4) is 0 Å². The van der Waals surface area contributed by atoms with Crippen molar-refractivity contribution in [1.82, 2.24) is 4.72 Å². The summed E-state index contributed by atoms with van der Waals surface area (Å²) in [6, 6.07) is 8.15. The predicted molar refractivity (Wildman–Crippen MR) is 66.6 cm³/mol. The van der Waals surface area contributed by atoms with E-state index < -0.39 is 15.7 Å². The third-order valence-electron chi connectivity index (χ3n) is 1.71. The summed E-state index contributed by atoms with van der Waals surface area (Å²) < 4.78 is 28.2. The Morgan fingerprint density at radius 1 is 1.18 bits per heavy atom. The fraction of sp³-hybridized carbons (Fsp3) is 0.364. The number of nitriles is 1. The van der Waals surface area contributed by atoms with Gasteiger partial charge in [0.15, 0.2) is 0 Å². The molecule has 0 aliphatic rings. The van der Waals surface area contributed by atoms with Crippen molar-refractivity contribution in [3.8, 4) is 6.07 Å². The first kappa shape index (κ1) is 13.5. The molecule has 0 aromatic heterocycles. The molecule has 0 atom stereocenters. The highest BCUT2D eigenvalue weighted by molar-refractivity contribution is 7.90. The van der Waals surface area contributed by atoms with Crippen molar-refractivity contribution in [2.24, 2.45) is 0 Å². The highest BCUT2D eigenvalue weighted by Gasteiger charge is 2.19. The molecule has 6 heteroatoms. The molecule has 1 aromatic rings. The van der Waals surface area contributed by atoms with E-state index in [2.05, 4.69) is 9.44 Å². The van der Waals surface area contributed by atoms with Gasteiger partial charge in [0.05, 0.1) is 11.6 Å². The fourth-order valence-corrected chi connectivity index (χ4v) is 2.50. The molecule has 0 aliphatic carbocycles. The molecule has 92 valence electrons. The molecular weight excluding hydrogens is 238 g/mol. The van der Waals surface area contributed by atoms with Crippen molar-refractivity contribution in [1.29, 1.82) is 5.26 Å². The summed E-state index contributed by atoms with van der Waals surface area (Å²) in [5, 5.41) is 8.61. The first-order chi connectivity index (χ1) is 7.72. The van der Waals surface area contributed by atoms with Crippen LogP contribution >= 0.6 is 0 Å². The van der Waals surface area contributed by atoms with Crippen LogP contribution < -0.4 is 9.44 Å². The van der Waals surface area contributed by atoms with Crippen LogP contribution in [0.1, 0.15) is 26.3 Å². The highest BCUT2D eigenvalue weighted by Crippen LogP contribution is 2.11. The summed E-state index contributed by atoms with van der Waals surface area (Å²) >= 11 is 0. The lowest BCUT2D eigenvalue weighted by Gasteiger charge is -2.20. The van der Waals surface area contributed by atoms with Gasteiger partial charge in [-0.05, 0) is 45.0 Å². The number of benzene rings is 1. The van der Waals surface area contributed by atoms with Crippen LogP contribution in [-0.2, 0) is 10.2 Å². The van der Waals surface area contributed by atoms with E-state index in [-0.39, 0.29) is 0 Å². The second kappa shape index (κ2) is 4.73. The molecule has 0 fully saturated rings. The molecular formula is C11H15N3O2S. The van der Waals surface area contributed by atoms with Crippen LogP contribution in [0.2, 0.25) is 0 Å². The molecule has 5 nitrogen and oxygen atoms in total. The molecule has 0 saturated heterocycles. The smallest absolute Gasteiger partial charge is 0.271 e. The zero-order valence-corrected chi connectivity index (χ0v) is 10.8. The summed E-state index contributed by atoms with van der Waals surface area (Å²) in [5.41, 5.74) is 0.357. The molecule has 0 amide bonds. The predicted octanol–water partition coefficient (Wildman–Crippen LogP) is 1.60. The van der Waals surface area contributed by atoms with Crippen LogP contribution in [0.4, 0.5) is 5.69 Å². The SMILES string of the molecule is CC(C)(C)NS(=O)(=O)Nc1ccc(C#N)cc1. The maximum atomic E-state index is 11.7. The number of nitrogens with one attached hydrogen (secondary N) is 2. The van der Waals surface area contributed by atoms with Crippen molar-refractivity contribution < 1.29 is 8.42 Å². The Hall–Kier alpha value is -1.58. The van der Waals surface area contributed by atoms with Gasteiger partial charge in [0, 0.05) is 11.2 Å². The Labute approximate surface area is 102 Å². The molecule has 0 spiro atoms. The minimum Gasteiger partial charge on any atom is -0.271 e. The lowest BCUT2D eigenvalue weighted by atomic mass is 10.1. The Bertz CT molecular complexity index is 521. The van der Waals surface area contributed by atoms with E-state index in [9.17, 15) is 8.42 Å². The van der Waals surface area contributed by atoms with Gasteiger partial charge in [0.25, 0.3) is 10.2 Å². The van der Waals surface area contributed by atoms with E-state index in [4.69, 9.17) is 5.26 Å². The second-order valence-electron chi connectivity index (χ2n) is 4.65. The van der Waals surface area contributed by atoms with Crippen molar-refractivity contribution in [2.45, 2.75) is 26.3 Å². The van der Waals surface area contributed by atoms with Crippen molar-refractivity contribution in [3.63, 3.8) is 0 Å². The number of hydrogen-bond acceptors (Lipinski definition) is 3. The van der Waals surface area contributed by atoms with Gasteiger partial charge in [0.1, 0.15) is 0 Å². The minimum atomic E-state index is -3.59. The monoisotopic (exact) mass is 253 g/mol. The van der Waals surface area contributed by atoms with Crippen LogP contribution in [0.25, 0.3) is 0 Å². The van der Waals surface area contributed by atoms with E-state index in [1.165, 1.54) is 0 Å². The van der Waals surface area contributed by atoms with Gasteiger partial charge in [-0.3, -0.25) is 4.72 Å². The van der Waals surface area contributed by atoms with Crippen LogP contribution in [0, 0.1) is 11.3 Å². The Morgan fingerprint density at radius 2 is 1.71 bits per heavy atom. The van der Waals surface area contributed by atoms with Gasteiger partial charge < -0.3 is 0 Å². The molecule has 0 heterocycles. The molecule has 2 N–H and O–H groups in total. The van der Waals surface area contributed by atoms with Crippen molar-refractivity contribution in [3.05, 3.63) is 29.8 Å². The van der Waals surface area contributed by atoms with E-state index in [1.54, 1.807) is 45.0 Å². The fourth-order valence-electron chi connectivity index (χ4n) is 1.20. The summed E-state index contributed by atoms with van der Waals surface area (Å²) in [6.45, 7) is 5.26. The number of hydrogen-bond donors (Lipinski definition) is 2. The molecule has 1 rings (SSSR count). The summed E-state index contributed by atoms with van der Waals surface area (Å²) in [7, 11) is -3.59. The average Bonchev–Trinajstić information content (AvgIpc) is 2.14. The first-order valence-electron chi connectivity index (χ1n) is 5.04. The van der Waals surface area contributed by atoms with Crippen LogP contribution in [0.15, 0.2) is 24.3 Å². The van der Waals surface area contributed by atoms with Gasteiger partial charge in [-0.1, -0.05) is 0 Å². The van der Waals surface area contributed by atoms with Crippen molar-refractivity contribution in [2.75, 3.05) is 4.72 Å². The Morgan fingerprint density at radius 3 is 2.12 bits per heavy atom. The van der Waals surface area contributed by atoms with Gasteiger partial charge in [-0.25, -0.2) is 0 Å². The van der Waals surface area contributed by atoms with Crippen molar-refractivity contribution >= 4 is 15.9 Å². The zero-order valence-electron chi connectivity index (χ0n) is 9.98. The minimum absolute atomic E-state index is 0.417. The van der Waals surface area contributed by atoms with Gasteiger partial charge in [-0.15, -0.1) is 0 Å². The highest BCUT2D eigenvalue weighted by atomic mass is 32.2. The lowest BCUT2D eigenvalue weighted by Crippen LogP contribution is -2.43. The number of anilines is 1. The molecule has 0 saturated carbocycles.